The van der Waals surface area contributed by atoms with E-state index in [0.29, 0.717) is 18.1 Å². The number of nitrogen functional groups attached to an aromatic ring is 1. The van der Waals surface area contributed by atoms with Crippen molar-refractivity contribution >= 4 is 11.5 Å². The molecule has 0 saturated carbocycles. The molecule has 4 nitrogen and oxygen atoms in total. The first-order chi connectivity index (χ1) is 6.24. The molecule has 0 aliphatic carbocycles. The Hall–Kier alpha value is -1.71. The van der Waals surface area contributed by atoms with Crippen molar-refractivity contribution in [2.45, 2.75) is 6.92 Å². The topological polar surface area (TPSA) is 73.6 Å². The van der Waals surface area contributed by atoms with Crippen LogP contribution < -0.4 is 11.5 Å². The molecule has 1 rings (SSSR count). The van der Waals surface area contributed by atoms with Crippen LogP contribution in [0.4, 0.5) is 5.69 Å². The molecule has 0 aliphatic rings. The number of hydrogen-bond acceptors (Lipinski definition) is 3. The van der Waals surface area contributed by atoms with Crippen LogP contribution in [0, 0.1) is 0 Å². The van der Waals surface area contributed by atoms with E-state index < -0.39 is 0 Å². The number of oxime groups is 1. The van der Waals surface area contributed by atoms with Gasteiger partial charge in [-0.05, 0) is 31.2 Å². The lowest BCUT2D eigenvalue weighted by molar-refractivity contribution is 0.158. The normalized spacial score (nSPS) is 11.3. The van der Waals surface area contributed by atoms with E-state index >= 15 is 0 Å². The zero-order valence-electron chi connectivity index (χ0n) is 7.53. The summed E-state index contributed by atoms with van der Waals surface area (Å²) in [6.45, 7) is 2.36. The minimum absolute atomic E-state index is 0.363. The van der Waals surface area contributed by atoms with Gasteiger partial charge in [0.15, 0.2) is 5.84 Å². The summed E-state index contributed by atoms with van der Waals surface area (Å²) in [6.07, 6.45) is 0. The summed E-state index contributed by atoms with van der Waals surface area (Å²) in [5, 5.41) is 3.70. The van der Waals surface area contributed by atoms with Gasteiger partial charge in [-0.15, -0.1) is 0 Å². The van der Waals surface area contributed by atoms with E-state index in [1.165, 1.54) is 0 Å². The zero-order valence-corrected chi connectivity index (χ0v) is 7.53. The van der Waals surface area contributed by atoms with Gasteiger partial charge in [-0.3, -0.25) is 0 Å². The lowest BCUT2D eigenvalue weighted by atomic mass is 10.2. The summed E-state index contributed by atoms with van der Waals surface area (Å²) in [5.74, 6) is 0.363. The Kier molecular flexibility index (Phi) is 3.14. The van der Waals surface area contributed by atoms with Gasteiger partial charge in [-0.1, -0.05) is 5.16 Å². The van der Waals surface area contributed by atoms with Gasteiger partial charge in [0.1, 0.15) is 6.61 Å². The van der Waals surface area contributed by atoms with Crippen LogP contribution in [0.1, 0.15) is 12.5 Å². The van der Waals surface area contributed by atoms with Crippen molar-refractivity contribution in [2.24, 2.45) is 10.9 Å². The number of anilines is 1. The van der Waals surface area contributed by atoms with Gasteiger partial charge in [0, 0.05) is 11.3 Å². The first-order valence-corrected chi connectivity index (χ1v) is 4.05. The molecular weight excluding hydrogens is 166 g/mol. The summed E-state index contributed by atoms with van der Waals surface area (Å²) in [6, 6.07) is 7.13. The third kappa shape index (κ3) is 2.66. The van der Waals surface area contributed by atoms with Crippen LogP contribution in [0.5, 0.6) is 0 Å². The number of rotatable bonds is 3. The fraction of sp³-hybridized carbons (Fsp3) is 0.222. The molecule has 0 unspecified atom stereocenters. The number of benzene rings is 1. The summed E-state index contributed by atoms with van der Waals surface area (Å²) in [7, 11) is 0. The Morgan fingerprint density at radius 2 is 2.00 bits per heavy atom. The van der Waals surface area contributed by atoms with Crippen molar-refractivity contribution in [3.8, 4) is 0 Å². The number of amidine groups is 1. The lowest BCUT2D eigenvalue weighted by Crippen LogP contribution is -2.13. The fourth-order valence-electron chi connectivity index (χ4n) is 0.841. The highest BCUT2D eigenvalue weighted by atomic mass is 16.6. The second kappa shape index (κ2) is 4.35. The van der Waals surface area contributed by atoms with E-state index in [1.807, 2.05) is 6.92 Å². The van der Waals surface area contributed by atoms with E-state index in [1.54, 1.807) is 24.3 Å². The first-order valence-electron chi connectivity index (χ1n) is 4.05. The summed E-state index contributed by atoms with van der Waals surface area (Å²) >= 11 is 0. The van der Waals surface area contributed by atoms with Crippen LogP contribution in [0.15, 0.2) is 29.4 Å². The van der Waals surface area contributed by atoms with Crippen molar-refractivity contribution in [3.05, 3.63) is 29.8 Å². The van der Waals surface area contributed by atoms with Gasteiger partial charge in [0.2, 0.25) is 0 Å². The third-order valence-corrected chi connectivity index (χ3v) is 1.50. The molecule has 0 spiro atoms. The molecule has 1 aromatic carbocycles. The Balaban J connectivity index is 2.77. The molecule has 0 heterocycles. The minimum atomic E-state index is 0.363. The van der Waals surface area contributed by atoms with Gasteiger partial charge in [0.05, 0.1) is 0 Å². The summed E-state index contributed by atoms with van der Waals surface area (Å²) in [4.78, 5) is 4.81. The maximum atomic E-state index is 5.62. The molecule has 0 fully saturated rings. The quantitative estimate of drug-likeness (QED) is 0.313. The number of nitrogens with two attached hydrogens (primary N) is 2. The van der Waals surface area contributed by atoms with E-state index in [4.69, 9.17) is 16.3 Å². The Labute approximate surface area is 77.2 Å². The van der Waals surface area contributed by atoms with Crippen molar-refractivity contribution in [3.63, 3.8) is 0 Å². The number of hydrogen-bond donors (Lipinski definition) is 2. The van der Waals surface area contributed by atoms with Gasteiger partial charge in [-0.2, -0.15) is 0 Å². The van der Waals surface area contributed by atoms with Crippen LogP contribution in [0.25, 0.3) is 0 Å². The molecule has 70 valence electrons. The third-order valence-electron chi connectivity index (χ3n) is 1.50. The van der Waals surface area contributed by atoms with Gasteiger partial charge in [0.25, 0.3) is 0 Å². The molecule has 0 aliphatic heterocycles. The lowest BCUT2D eigenvalue weighted by Gasteiger charge is -2.00. The van der Waals surface area contributed by atoms with Crippen LogP contribution in [-0.4, -0.2) is 12.4 Å². The largest absolute Gasteiger partial charge is 0.399 e. The highest BCUT2D eigenvalue weighted by Gasteiger charge is 1.97. The molecule has 0 bridgehead atoms. The SMILES string of the molecule is CCON=C(N)c1ccc(N)cc1. The highest BCUT2D eigenvalue weighted by molar-refractivity contribution is 5.97. The average Bonchev–Trinajstić information content (AvgIpc) is 2.15. The first kappa shape index (κ1) is 9.38. The van der Waals surface area contributed by atoms with Crippen molar-refractivity contribution in [2.75, 3.05) is 12.3 Å². The minimum Gasteiger partial charge on any atom is -0.399 e. The average molecular weight is 179 g/mol. The van der Waals surface area contributed by atoms with E-state index in [2.05, 4.69) is 5.16 Å². The molecule has 4 heteroatoms. The van der Waals surface area contributed by atoms with Gasteiger partial charge < -0.3 is 16.3 Å². The fourth-order valence-corrected chi connectivity index (χ4v) is 0.841. The van der Waals surface area contributed by atoms with E-state index in [-0.39, 0.29) is 0 Å². The van der Waals surface area contributed by atoms with Gasteiger partial charge in [-0.25, -0.2) is 0 Å². The van der Waals surface area contributed by atoms with Crippen LogP contribution in [-0.2, 0) is 4.84 Å². The summed E-state index contributed by atoms with van der Waals surface area (Å²) in [5.41, 5.74) is 12.6. The molecule has 1 aromatic rings. The smallest absolute Gasteiger partial charge is 0.170 e. The molecule has 0 atom stereocenters. The van der Waals surface area contributed by atoms with Crippen LogP contribution in [0.3, 0.4) is 0 Å². The molecule has 0 aromatic heterocycles. The Morgan fingerprint density at radius 3 is 2.54 bits per heavy atom. The van der Waals surface area contributed by atoms with Gasteiger partial charge >= 0.3 is 0 Å². The molecule has 13 heavy (non-hydrogen) atoms. The van der Waals surface area contributed by atoms with Crippen molar-refractivity contribution in [1.29, 1.82) is 0 Å². The second-order valence-electron chi connectivity index (χ2n) is 2.52. The second-order valence-corrected chi connectivity index (χ2v) is 2.52. The predicted octanol–water partition coefficient (Wildman–Crippen LogP) is 0.926. The van der Waals surface area contributed by atoms with Crippen molar-refractivity contribution in [1.82, 2.24) is 0 Å². The van der Waals surface area contributed by atoms with E-state index in [9.17, 15) is 0 Å². The van der Waals surface area contributed by atoms with Crippen LogP contribution >= 0.6 is 0 Å². The maximum Gasteiger partial charge on any atom is 0.170 e. The number of nitrogens with zero attached hydrogens (tertiary/aromatic N) is 1. The molecule has 0 radical (unpaired) electrons. The molecule has 4 N–H and O–H groups in total. The standard InChI is InChI=1S/C9H13N3O/c1-2-13-12-9(11)7-3-5-8(10)6-4-7/h3-6H,2,10H2,1H3,(H2,11,12). The zero-order chi connectivity index (χ0) is 9.68. The maximum absolute atomic E-state index is 5.62. The Morgan fingerprint density at radius 1 is 1.38 bits per heavy atom. The summed E-state index contributed by atoms with van der Waals surface area (Å²) < 4.78 is 0. The molecular formula is C9H13N3O. The molecule has 0 amide bonds. The Bertz CT molecular complexity index is 292. The highest BCUT2D eigenvalue weighted by Crippen LogP contribution is 2.04. The molecule has 0 saturated heterocycles. The van der Waals surface area contributed by atoms with Crippen LogP contribution in [0.2, 0.25) is 0 Å². The monoisotopic (exact) mass is 179 g/mol. The predicted molar refractivity (Wildman–Crippen MR) is 53.2 cm³/mol. The van der Waals surface area contributed by atoms with Crippen molar-refractivity contribution < 1.29 is 4.84 Å². The van der Waals surface area contributed by atoms with E-state index in [0.717, 1.165) is 5.56 Å².